The summed E-state index contributed by atoms with van der Waals surface area (Å²) in [6.07, 6.45) is 4.10. The van der Waals surface area contributed by atoms with Crippen molar-refractivity contribution < 1.29 is 9.59 Å². The largest absolute Gasteiger partial charge is 0.369 e. The van der Waals surface area contributed by atoms with E-state index in [2.05, 4.69) is 48.4 Å². The number of aromatic nitrogens is 2. The van der Waals surface area contributed by atoms with Crippen LogP contribution in [-0.2, 0) is 22.6 Å². The van der Waals surface area contributed by atoms with Crippen LogP contribution in [0.1, 0.15) is 36.1 Å². The second kappa shape index (κ2) is 9.61. The minimum absolute atomic E-state index is 0.0451. The Morgan fingerprint density at radius 1 is 1.06 bits per heavy atom. The predicted octanol–water partition coefficient (Wildman–Crippen LogP) is 3.89. The number of aryl methyl sites for hydroxylation is 3. The van der Waals surface area contributed by atoms with Crippen molar-refractivity contribution in [2.24, 2.45) is 11.1 Å². The van der Waals surface area contributed by atoms with Gasteiger partial charge in [-0.25, -0.2) is 0 Å². The number of likely N-dealkylation sites (tertiary alicyclic amines) is 1. The van der Waals surface area contributed by atoms with Crippen LogP contribution >= 0.6 is 0 Å². The Bertz CT molecular complexity index is 1150. The fraction of sp³-hybridized carbons (Fsp3) is 0.370. The fourth-order valence-electron chi connectivity index (χ4n) is 4.85. The normalized spacial score (nSPS) is 18.3. The van der Waals surface area contributed by atoms with Gasteiger partial charge in [0.25, 0.3) is 0 Å². The van der Waals surface area contributed by atoms with Crippen LogP contribution in [0.2, 0.25) is 0 Å². The monoisotopic (exact) mass is 444 g/mol. The molecule has 1 fully saturated rings. The van der Waals surface area contributed by atoms with Crippen molar-refractivity contribution in [2.75, 3.05) is 13.1 Å². The van der Waals surface area contributed by atoms with Gasteiger partial charge < -0.3 is 10.6 Å². The van der Waals surface area contributed by atoms with E-state index in [-0.39, 0.29) is 11.8 Å². The molecule has 1 saturated heterocycles. The number of hydrogen-bond acceptors (Lipinski definition) is 3. The molecule has 2 amide bonds. The lowest BCUT2D eigenvalue weighted by atomic mass is 9.74. The quantitative estimate of drug-likeness (QED) is 0.600. The van der Waals surface area contributed by atoms with Crippen molar-refractivity contribution in [2.45, 2.75) is 46.1 Å². The molecule has 1 unspecified atom stereocenters. The molecule has 1 aliphatic heterocycles. The van der Waals surface area contributed by atoms with Gasteiger partial charge in [0.1, 0.15) is 0 Å². The molecule has 0 saturated carbocycles. The van der Waals surface area contributed by atoms with Gasteiger partial charge in [0.05, 0.1) is 5.41 Å². The summed E-state index contributed by atoms with van der Waals surface area (Å²) in [4.78, 5) is 27.5. The molecule has 0 bridgehead atoms. The molecule has 3 aromatic rings. The van der Waals surface area contributed by atoms with E-state index in [4.69, 9.17) is 5.73 Å². The first-order chi connectivity index (χ1) is 15.9. The van der Waals surface area contributed by atoms with Crippen molar-refractivity contribution >= 4 is 11.8 Å². The van der Waals surface area contributed by atoms with E-state index in [0.29, 0.717) is 38.9 Å². The van der Waals surface area contributed by atoms with Crippen molar-refractivity contribution in [3.8, 4) is 11.1 Å². The van der Waals surface area contributed by atoms with Gasteiger partial charge in [-0.2, -0.15) is 5.10 Å². The summed E-state index contributed by atoms with van der Waals surface area (Å²) < 4.78 is 1.83. The fourth-order valence-corrected chi connectivity index (χ4v) is 4.85. The maximum absolute atomic E-state index is 13.0. The van der Waals surface area contributed by atoms with Gasteiger partial charge in [0, 0.05) is 37.9 Å². The average molecular weight is 445 g/mol. The first-order valence-corrected chi connectivity index (χ1v) is 11.6. The average Bonchev–Trinajstić information content (AvgIpc) is 3.22. The maximum Gasteiger partial charge on any atom is 0.225 e. The van der Waals surface area contributed by atoms with Crippen LogP contribution < -0.4 is 5.73 Å². The molecule has 6 nitrogen and oxygen atoms in total. The lowest BCUT2D eigenvalue weighted by Gasteiger charge is -2.41. The van der Waals surface area contributed by atoms with Crippen LogP contribution in [0.3, 0.4) is 0 Å². The van der Waals surface area contributed by atoms with Crippen LogP contribution in [-0.4, -0.2) is 39.6 Å². The van der Waals surface area contributed by atoms with Crippen LogP contribution in [0.25, 0.3) is 11.1 Å². The smallest absolute Gasteiger partial charge is 0.225 e. The molecule has 2 heterocycles. The zero-order chi connectivity index (χ0) is 23.4. The number of carbonyl (C=O) groups is 2. The highest BCUT2D eigenvalue weighted by Gasteiger charge is 2.42. The minimum atomic E-state index is -0.749. The maximum atomic E-state index is 13.0. The van der Waals surface area contributed by atoms with Crippen LogP contribution in [0, 0.1) is 19.3 Å². The molecule has 1 atom stereocenters. The van der Waals surface area contributed by atoms with Gasteiger partial charge in [-0.3, -0.25) is 14.3 Å². The molecular formula is C27H32N4O2. The van der Waals surface area contributed by atoms with E-state index in [9.17, 15) is 9.59 Å². The Morgan fingerprint density at radius 2 is 1.82 bits per heavy atom. The molecule has 2 aromatic carbocycles. The van der Waals surface area contributed by atoms with E-state index in [1.807, 2.05) is 34.7 Å². The zero-order valence-corrected chi connectivity index (χ0v) is 19.5. The van der Waals surface area contributed by atoms with Gasteiger partial charge in [0.2, 0.25) is 11.8 Å². The Hall–Kier alpha value is -3.41. The Kier molecular flexibility index (Phi) is 6.63. The lowest BCUT2D eigenvalue weighted by Crippen LogP contribution is -2.53. The number of carbonyl (C=O) groups excluding carboxylic acids is 2. The van der Waals surface area contributed by atoms with Crippen LogP contribution in [0.15, 0.2) is 60.8 Å². The molecule has 0 aliphatic carbocycles. The van der Waals surface area contributed by atoms with Crippen molar-refractivity contribution in [1.82, 2.24) is 14.7 Å². The molecular weight excluding hydrogens is 412 g/mol. The molecule has 4 rings (SSSR count). The van der Waals surface area contributed by atoms with Crippen LogP contribution in [0.5, 0.6) is 0 Å². The lowest BCUT2D eigenvalue weighted by molar-refractivity contribution is -0.140. The second-order valence-electron chi connectivity index (χ2n) is 9.26. The first-order valence-electron chi connectivity index (χ1n) is 11.6. The first kappa shape index (κ1) is 22.8. The summed E-state index contributed by atoms with van der Waals surface area (Å²) in [5.41, 5.74) is 10.8. The third-order valence-electron chi connectivity index (χ3n) is 6.74. The third-order valence-corrected chi connectivity index (χ3v) is 6.74. The minimum Gasteiger partial charge on any atom is -0.369 e. The standard InChI is InChI=1S/C27H32N4O2/c1-20-6-3-8-23(16-20)24-9-4-7-22(17-24)18-27(26(28)33)12-5-14-30(19-27)25(32)11-15-31-21(2)10-13-29-31/h3-4,6-10,13,16-17H,5,11-12,14-15,18-19H2,1-2H3,(H2,28,33). The summed E-state index contributed by atoms with van der Waals surface area (Å²) in [6.45, 7) is 5.62. The van der Waals surface area contributed by atoms with Gasteiger partial charge in [-0.1, -0.05) is 54.1 Å². The number of benzene rings is 2. The molecule has 0 spiro atoms. The number of piperidine rings is 1. The summed E-state index contributed by atoms with van der Waals surface area (Å²) in [6, 6.07) is 18.6. The van der Waals surface area contributed by atoms with Gasteiger partial charge in [-0.15, -0.1) is 0 Å². The van der Waals surface area contributed by atoms with Crippen LogP contribution in [0.4, 0.5) is 0 Å². The third kappa shape index (κ3) is 5.16. The van der Waals surface area contributed by atoms with Gasteiger partial charge in [-0.05, 0) is 55.9 Å². The highest BCUT2D eigenvalue weighted by Crippen LogP contribution is 2.35. The molecule has 6 heteroatoms. The predicted molar refractivity (Wildman–Crippen MR) is 129 cm³/mol. The number of nitrogens with zero attached hydrogens (tertiary/aromatic N) is 3. The summed E-state index contributed by atoms with van der Waals surface area (Å²) in [5.74, 6) is -0.285. The SMILES string of the molecule is Cc1cccc(-c2cccc(CC3(C(N)=O)CCCN(C(=O)CCn4nccc4C)C3)c2)c1. The van der Waals surface area contributed by atoms with Crippen molar-refractivity contribution in [3.05, 3.63) is 77.6 Å². The Balaban J connectivity index is 1.50. The molecule has 1 aromatic heterocycles. The number of primary amides is 1. The van der Waals surface area contributed by atoms with Gasteiger partial charge in [0.15, 0.2) is 0 Å². The highest BCUT2D eigenvalue weighted by atomic mass is 16.2. The van der Waals surface area contributed by atoms with Crippen molar-refractivity contribution in [3.63, 3.8) is 0 Å². The molecule has 0 radical (unpaired) electrons. The molecule has 33 heavy (non-hydrogen) atoms. The van der Waals surface area contributed by atoms with Crippen molar-refractivity contribution in [1.29, 1.82) is 0 Å². The number of rotatable bonds is 7. The highest BCUT2D eigenvalue weighted by molar-refractivity contribution is 5.83. The van der Waals surface area contributed by atoms with E-state index < -0.39 is 5.41 Å². The number of hydrogen-bond donors (Lipinski definition) is 1. The Morgan fingerprint density at radius 3 is 2.52 bits per heavy atom. The van der Waals surface area contributed by atoms with E-state index in [0.717, 1.165) is 28.8 Å². The van der Waals surface area contributed by atoms with E-state index >= 15 is 0 Å². The topological polar surface area (TPSA) is 81.2 Å². The van der Waals surface area contributed by atoms with E-state index in [1.54, 1.807) is 6.20 Å². The number of nitrogens with two attached hydrogens (primary N) is 1. The zero-order valence-electron chi connectivity index (χ0n) is 19.5. The summed E-state index contributed by atoms with van der Waals surface area (Å²) in [5, 5.41) is 4.26. The Labute approximate surface area is 195 Å². The summed E-state index contributed by atoms with van der Waals surface area (Å²) >= 11 is 0. The second-order valence-corrected chi connectivity index (χ2v) is 9.26. The van der Waals surface area contributed by atoms with Gasteiger partial charge >= 0.3 is 0 Å². The molecule has 2 N–H and O–H groups in total. The van der Waals surface area contributed by atoms with E-state index in [1.165, 1.54) is 5.56 Å². The summed E-state index contributed by atoms with van der Waals surface area (Å²) in [7, 11) is 0. The molecule has 172 valence electrons. The molecule has 1 aliphatic rings. The number of amides is 2.